The first-order chi connectivity index (χ1) is 9.72. The van der Waals surface area contributed by atoms with Crippen molar-refractivity contribution in [1.29, 1.82) is 0 Å². The maximum atomic E-state index is 4.49. The molecule has 0 aliphatic carbocycles. The van der Waals surface area contributed by atoms with E-state index in [1.807, 2.05) is 12.3 Å². The lowest BCUT2D eigenvalue weighted by molar-refractivity contribution is 0.921. The van der Waals surface area contributed by atoms with Gasteiger partial charge in [0, 0.05) is 19.2 Å². The number of nitrogens with zero attached hydrogens (tertiary/aromatic N) is 2. The molecule has 0 fully saturated rings. The molecule has 0 bridgehead atoms. The number of thioether (sulfide) groups is 1. The maximum absolute atomic E-state index is 4.49. The van der Waals surface area contributed by atoms with E-state index in [9.17, 15) is 0 Å². The lowest BCUT2D eigenvalue weighted by Crippen LogP contribution is -2.07. The fraction of sp³-hybridized carbons (Fsp3) is 0.429. The van der Waals surface area contributed by atoms with Crippen LogP contribution in [0.2, 0.25) is 0 Å². The van der Waals surface area contributed by atoms with E-state index in [4.69, 9.17) is 0 Å². The average Bonchev–Trinajstić information content (AvgIpc) is 2.88. The van der Waals surface area contributed by atoms with Gasteiger partial charge in [0.2, 0.25) is 0 Å². The van der Waals surface area contributed by atoms with Crippen LogP contribution in [0.3, 0.4) is 0 Å². The van der Waals surface area contributed by atoms with Crippen LogP contribution in [0.1, 0.15) is 24.5 Å². The van der Waals surface area contributed by atoms with Gasteiger partial charge in [-0.15, -0.1) is 0 Å². The topological polar surface area (TPSA) is 49.8 Å². The quantitative estimate of drug-likeness (QED) is 0.598. The second kappa shape index (κ2) is 7.50. The zero-order chi connectivity index (χ0) is 14.4. The zero-order valence-corrected chi connectivity index (χ0v) is 13.7. The van der Waals surface area contributed by atoms with Crippen LogP contribution >= 0.6 is 23.1 Å². The lowest BCUT2D eigenvalue weighted by atomic mass is 10.2. The van der Waals surface area contributed by atoms with Gasteiger partial charge in [0.25, 0.3) is 0 Å². The molecule has 2 rings (SSSR count). The standard InChI is InChI=1S/C14H20N4S2/c1-4-5-15-12-6-13(18-14(17-12)19-3)16-7-11-9-20-8-10(11)2/h6,8-9H,4-5,7H2,1-3H3,(H2,15,16,17,18). The monoisotopic (exact) mass is 308 g/mol. The van der Waals surface area contributed by atoms with Crippen molar-refractivity contribution in [3.63, 3.8) is 0 Å². The highest BCUT2D eigenvalue weighted by atomic mass is 32.2. The normalized spacial score (nSPS) is 10.6. The molecule has 0 amide bonds. The smallest absolute Gasteiger partial charge is 0.191 e. The summed E-state index contributed by atoms with van der Waals surface area (Å²) < 4.78 is 0. The van der Waals surface area contributed by atoms with Crippen molar-refractivity contribution in [2.75, 3.05) is 23.4 Å². The summed E-state index contributed by atoms with van der Waals surface area (Å²) in [4.78, 5) is 8.95. The Balaban J connectivity index is 2.07. The van der Waals surface area contributed by atoms with E-state index in [0.29, 0.717) is 0 Å². The summed E-state index contributed by atoms with van der Waals surface area (Å²) in [6, 6.07) is 1.97. The Labute approximate surface area is 128 Å². The summed E-state index contributed by atoms with van der Waals surface area (Å²) in [6.07, 6.45) is 3.07. The van der Waals surface area contributed by atoms with Gasteiger partial charge in [0.1, 0.15) is 11.6 Å². The van der Waals surface area contributed by atoms with E-state index in [1.165, 1.54) is 11.1 Å². The number of hydrogen-bond donors (Lipinski definition) is 2. The summed E-state index contributed by atoms with van der Waals surface area (Å²) >= 11 is 3.29. The molecule has 0 saturated heterocycles. The van der Waals surface area contributed by atoms with Gasteiger partial charge in [0.05, 0.1) is 0 Å². The van der Waals surface area contributed by atoms with Crippen molar-refractivity contribution in [2.24, 2.45) is 0 Å². The van der Waals surface area contributed by atoms with E-state index < -0.39 is 0 Å². The number of nitrogens with one attached hydrogen (secondary N) is 2. The Hall–Kier alpha value is -1.27. The van der Waals surface area contributed by atoms with E-state index >= 15 is 0 Å². The summed E-state index contributed by atoms with van der Waals surface area (Å²) in [7, 11) is 0. The van der Waals surface area contributed by atoms with Gasteiger partial charge in [-0.1, -0.05) is 18.7 Å². The van der Waals surface area contributed by atoms with Crippen molar-refractivity contribution in [1.82, 2.24) is 9.97 Å². The zero-order valence-electron chi connectivity index (χ0n) is 12.1. The molecule has 6 heteroatoms. The third-order valence-corrected chi connectivity index (χ3v) is 4.32. The molecule has 0 radical (unpaired) electrons. The number of rotatable bonds is 7. The molecule has 0 unspecified atom stereocenters. The van der Waals surface area contributed by atoms with Gasteiger partial charge < -0.3 is 10.6 Å². The van der Waals surface area contributed by atoms with Crippen LogP contribution in [-0.2, 0) is 6.54 Å². The minimum Gasteiger partial charge on any atom is -0.370 e. The molecule has 0 atom stereocenters. The predicted molar refractivity (Wildman–Crippen MR) is 89.0 cm³/mol. The van der Waals surface area contributed by atoms with Crippen molar-refractivity contribution in [3.05, 3.63) is 28.0 Å². The number of aromatic nitrogens is 2. The first-order valence-corrected chi connectivity index (χ1v) is 8.82. The summed E-state index contributed by atoms with van der Waals surface area (Å²) in [5.41, 5.74) is 2.65. The Bertz CT molecular complexity index is 554. The molecule has 0 aromatic carbocycles. The van der Waals surface area contributed by atoms with E-state index in [0.717, 1.165) is 36.3 Å². The molecular weight excluding hydrogens is 288 g/mol. The molecule has 2 N–H and O–H groups in total. The second-order valence-corrected chi connectivity index (χ2v) is 6.00. The van der Waals surface area contributed by atoms with Crippen LogP contribution < -0.4 is 10.6 Å². The molecule has 20 heavy (non-hydrogen) atoms. The highest BCUT2D eigenvalue weighted by molar-refractivity contribution is 7.98. The van der Waals surface area contributed by atoms with Crippen LogP contribution in [0.5, 0.6) is 0 Å². The Morgan fingerprint density at radius 1 is 1.20 bits per heavy atom. The Morgan fingerprint density at radius 2 is 1.95 bits per heavy atom. The van der Waals surface area contributed by atoms with E-state index in [2.05, 4.69) is 45.2 Å². The van der Waals surface area contributed by atoms with Crippen LogP contribution in [0.15, 0.2) is 22.0 Å². The molecule has 0 aliphatic heterocycles. The minimum absolute atomic E-state index is 0.788. The molecule has 2 aromatic heterocycles. The SMILES string of the molecule is CCCNc1cc(NCc2cscc2C)nc(SC)n1. The van der Waals surface area contributed by atoms with Gasteiger partial charge in [-0.2, -0.15) is 11.3 Å². The largest absolute Gasteiger partial charge is 0.370 e. The summed E-state index contributed by atoms with van der Waals surface area (Å²) in [5.74, 6) is 1.75. The predicted octanol–water partition coefficient (Wildman–Crippen LogP) is 4.00. The number of thiophene rings is 1. The highest BCUT2D eigenvalue weighted by Crippen LogP contribution is 2.19. The maximum Gasteiger partial charge on any atom is 0.191 e. The highest BCUT2D eigenvalue weighted by Gasteiger charge is 2.05. The van der Waals surface area contributed by atoms with Crippen LogP contribution in [0, 0.1) is 6.92 Å². The third-order valence-electron chi connectivity index (χ3n) is 2.87. The first-order valence-electron chi connectivity index (χ1n) is 6.65. The number of hydrogen-bond acceptors (Lipinski definition) is 6. The Morgan fingerprint density at radius 3 is 2.55 bits per heavy atom. The molecule has 2 heterocycles. The van der Waals surface area contributed by atoms with Crippen LogP contribution in [-0.4, -0.2) is 22.8 Å². The first kappa shape index (κ1) is 15.1. The molecular formula is C14H20N4S2. The molecule has 0 aliphatic rings. The summed E-state index contributed by atoms with van der Waals surface area (Å²) in [5, 5.41) is 11.8. The summed E-state index contributed by atoms with van der Waals surface area (Å²) in [6.45, 7) is 6.00. The van der Waals surface area contributed by atoms with Gasteiger partial charge in [-0.3, -0.25) is 0 Å². The average molecular weight is 308 g/mol. The van der Waals surface area contributed by atoms with Crippen molar-refractivity contribution >= 4 is 34.7 Å². The van der Waals surface area contributed by atoms with E-state index in [-0.39, 0.29) is 0 Å². The van der Waals surface area contributed by atoms with Crippen LogP contribution in [0.25, 0.3) is 0 Å². The fourth-order valence-electron chi connectivity index (χ4n) is 1.70. The third kappa shape index (κ3) is 4.11. The van der Waals surface area contributed by atoms with Crippen molar-refractivity contribution in [3.8, 4) is 0 Å². The Kier molecular flexibility index (Phi) is 5.67. The van der Waals surface area contributed by atoms with Crippen LogP contribution in [0.4, 0.5) is 11.6 Å². The van der Waals surface area contributed by atoms with Gasteiger partial charge in [-0.25, -0.2) is 9.97 Å². The molecule has 0 spiro atoms. The van der Waals surface area contributed by atoms with Crippen molar-refractivity contribution in [2.45, 2.75) is 32.0 Å². The molecule has 2 aromatic rings. The molecule has 4 nitrogen and oxygen atoms in total. The minimum atomic E-state index is 0.788. The van der Waals surface area contributed by atoms with Crippen molar-refractivity contribution < 1.29 is 0 Å². The number of aryl methyl sites for hydroxylation is 1. The van der Waals surface area contributed by atoms with E-state index in [1.54, 1.807) is 23.1 Å². The molecule has 108 valence electrons. The fourth-order valence-corrected chi connectivity index (χ4v) is 2.94. The van der Waals surface area contributed by atoms with Gasteiger partial charge in [-0.05, 0) is 41.5 Å². The van der Waals surface area contributed by atoms with Gasteiger partial charge in [0.15, 0.2) is 5.16 Å². The number of anilines is 2. The second-order valence-electron chi connectivity index (χ2n) is 4.49. The van der Waals surface area contributed by atoms with Gasteiger partial charge >= 0.3 is 0 Å². The lowest BCUT2D eigenvalue weighted by Gasteiger charge is -2.10. The molecule has 0 saturated carbocycles.